The number of hydrogen-bond acceptors (Lipinski definition) is 2. The van der Waals surface area contributed by atoms with Gasteiger partial charge in [0.25, 0.3) is 0 Å². The summed E-state index contributed by atoms with van der Waals surface area (Å²) in [4.78, 5) is 3.35. The second-order valence-electron chi connectivity index (χ2n) is 3.89. The Bertz CT molecular complexity index is 464. The Balaban J connectivity index is 0.00000128. The summed E-state index contributed by atoms with van der Waals surface area (Å²) in [6, 6.07) is 8.27. The summed E-state index contributed by atoms with van der Waals surface area (Å²) in [6.45, 7) is 2.69. The lowest BCUT2D eigenvalue weighted by Gasteiger charge is -2.10. The van der Waals surface area contributed by atoms with Crippen LogP contribution >= 0.6 is 12.4 Å². The van der Waals surface area contributed by atoms with Crippen LogP contribution in [0.15, 0.2) is 24.3 Å². The maximum Gasteiger partial charge on any atom is 0.0459 e. The van der Waals surface area contributed by atoms with E-state index in [1.807, 2.05) is 12.1 Å². The maximum absolute atomic E-state index is 6.12. The first-order valence-corrected chi connectivity index (χ1v) is 5.27. The molecule has 0 amide bonds. The number of aromatic nitrogens is 1. The number of halogens is 1. The van der Waals surface area contributed by atoms with Crippen LogP contribution in [0.3, 0.4) is 0 Å². The first kappa shape index (κ1) is 13.0. The summed E-state index contributed by atoms with van der Waals surface area (Å²) in [5, 5.41) is 1.22. The van der Waals surface area contributed by atoms with Crippen LogP contribution in [-0.2, 0) is 0 Å². The lowest BCUT2D eigenvalue weighted by Crippen LogP contribution is -2.15. The summed E-state index contributed by atoms with van der Waals surface area (Å²) < 4.78 is 0. The minimum absolute atomic E-state index is 0. The number of nitrogens with one attached hydrogen (secondary N) is 1. The molecule has 0 saturated heterocycles. The minimum Gasteiger partial charge on any atom is -0.358 e. The highest BCUT2D eigenvalue weighted by molar-refractivity contribution is 5.85. The number of H-pyrrole nitrogens is 1. The van der Waals surface area contributed by atoms with Crippen molar-refractivity contribution in [2.75, 3.05) is 6.54 Å². The van der Waals surface area contributed by atoms with Crippen LogP contribution in [0.4, 0.5) is 0 Å². The number of fused-ring (bicyclic) bond motifs is 1. The fourth-order valence-electron chi connectivity index (χ4n) is 2.10. The zero-order valence-electron chi connectivity index (χ0n) is 9.36. The Morgan fingerprint density at radius 2 is 2.00 bits per heavy atom. The van der Waals surface area contributed by atoms with E-state index >= 15 is 0 Å². The average Bonchev–Trinajstić information content (AvgIpc) is 2.54. The van der Waals surface area contributed by atoms with Crippen LogP contribution in [0.1, 0.15) is 23.7 Å². The molecule has 0 saturated carbocycles. The minimum atomic E-state index is 0. The highest BCUT2D eigenvalue weighted by atomic mass is 35.5. The Labute approximate surface area is 102 Å². The van der Waals surface area contributed by atoms with Crippen molar-refractivity contribution in [1.29, 1.82) is 0 Å². The quantitative estimate of drug-likeness (QED) is 0.769. The monoisotopic (exact) mass is 239 g/mol. The van der Waals surface area contributed by atoms with Crippen LogP contribution in [0, 0.1) is 6.92 Å². The summed E-state index contributed by atoms with van der Waals surface area (Å²) in [5.74, 6) is 0. The van der Waals surface area contributed by atoms with E-state index in [-0.39, 0.29) is 18.4 Å². The first-order chi connectivity index (χ1) is 7.24. The molecule has 88 valence electrons. The average molecular weight is 240 g/mol. The Kier molecular flexibility index (Phi) is 4.35. The SMILES string of the molecule is Cc1[nH]c2ccccc2c1[C@@H](N)CCN.Cl. The number of rotatable bonds is 3. The fourth-order valence-corrected chi connectivity index (χ4v) is 2.10. The lowest BCUT2D eigenvalue weighted by molar-refractivity contribution is 0.662. The van der Waals surface area contributed by atoms with Crippen molar-refractivity contribution in [2.45, 2.75) is 19.4 Å². The molecule has 0 aliphatic heterocycles. The molecule has 16 heavy (non-hydrogen) atoms. The molecule has 3 nitrogen and oxygen atoms in total. The number of nitrogens with two attached hydrogens (primary N) is 2. The van der Waals surface area contributed by atoms with Crippen LogP contribution in [0.2, 0.25) is 0 Å². The van der Waals surface area contributed by atoms with Crippen molar-refractivity contribution in [3.8, 4) is 0 Å². The van der Waals surface area contributed by atoms with Crippen molar-refractivity contribution >= 4 is 23.3 Å². The Hall–Kier alpha value is -1.03. The number of hydrogen-bond donors (Lipinski definition) is 3. The number of aromatic amines is 1. The van der Waals surface area contributed by atoms with Gasteiger partial charge in [-0.25, -0.2) is 0 Å². The van der Waals surface area contributed by atoms with Gasteiger partial charge in [-0.05, 0) is 31.5 Å². The topological polar surface area (TPSA) is 67.8 Å². The molecule has 1 aromatic heterocycles. The third-order valence-corrected chi connectivity index (χ3v) is 2.79. The Morgan fingerprint density at radius 3 is 2.69 bits per heavy atom. The van der Waals surface area contributed by atoms with Gasteiger partial charge in [0.15, 0.2) is 0 Å². The van der Waals surface area contributed by atoms with Gasteiger partial charge in [-0.15, -0.1) is 12.4 Å². The van der Waals surface area contributed by atoms with E-state index in [9.17, 15) is 0 Å². The fraction of sp³-hybridized carbons (Fsp3) is 0.333. The number of para-hydroxylation sites is 1. The molecule has 5 N–H and O–H groups in total. The van der Waals surface area contributed by atoms with E-state index in [4.69, 9.17) is 11.5 Å². The molecule has 0 spiro atoms. The van der Waals surface area contributed by atoms with E-state index in [1.165, 1.54) is 10.9 Å². The molecule has 0 bridgehead atoms. The number of aryl methyl sites for hydroxylation is 1. The van der Waals surface area contributed by atoms with Gasteiger partial charge < -0.3 is 16.5 Å². The molecular weight excluding hydrogens is 222 g/mol. The normalized spacial score (nSPS) is 12.4. The van der Waals surface area contributed by atoms with Gasteiger partial charge in [-0.1, -0.05) is 18.2 Å². The van der Waals surface area contributed by atoms with Gasteiger partial charge in [-0.3, -0.25) is 0 Å². The summed E-state index contributed by atoms with van der Waals surface area (Å²) >= 11 is 0. The smallest absolute Gasteiger partial charge is 0.0459 e. The van der Waals surface area contributed by atoms with Crippen molar-refractivity contribution < 1.29 is 0 Å². The molecule has 0 aliphatic carbocycles. The van der Waals surface area contributed by atoms with Crippen LogP contribution in [0.25, 0.3) is 10.9 Å². The summed E-state index contributed by atoms with van der Waals surface area (Å²) in [6.07, 6.45) is 0.822. The van der Waals surface area contributed by atoms with E-state index in [0.29, 0.717) is 6.54 Å². The third kappa shape index (κ3) is 2.21. The van der Waals surface area contributed by atoms with Crippen LogP contribution in [-0.4, -0.2) is 11.5 Å². The molecule has 4 heteroatoms. The molecule has 2 rings (SSSR count). The molecular formula is C12H18ClN3. The molecule has 0 fully saturated rings. The van der Waals surface area contributed by atoms with Crippen molar-refractivity contribution in [3.63, 3.8) is 0 Å². The van der Waals surface area contributed by atoms with E-state index < -0.39 is 0 Å². The van der Waals surface area contributed by atoms with Crippen LogP contribution in [0.5, 0.6) is 0 Å². The molecule has 0 radical (unpaired) electrons. The Morgan fingerprint density at radius 1 is 1.31 bits per heavy atom. The lowest BCUT2D eigenvalue weighted by atomic mass is 10.0. The highest BCUT2D eigenvalue weighted by Crippen LogP contribution is 2.27. The second kappa shape index (κ2) is 5.34. The number of benzene rings is 1. The first-order valence-electron chi connectivity index (χ1n) is 5.27. The molecule has 1 atom stereocenters. The van der Waals surface area contributed by atoms with Gasteiger partial charge in [0, 0.05) is 22.6 Å². The zero-order valence-corrected chi connectivity index (χ0v) is 10.2. The third-order valence-electron chi connectivity index (χ3n) is 2.79. The van der Waals surface area contributed by atoms with Gasteiger partial charge >= 0.3 is 0 Å². The maximum atomic E-state index is 6.12. The van der Waals surface area contributed by atoms with Gasteiger partial charge in [0.2, 0.25) is 0 Å². The summed E-state index contributed by atoms with van der Waals surface area (Å²) in [5.41, 5.74) is 15.2. The van der Waals surface area contributed by atoms with E-state index in [1.54, 1.807) is 0 Å². The predicted octanol–water partition coefficient (Wildman–Crippen LogP) is 2.25. The zero-order chi connectivity index (χ0) is 10.8. The standard InChI is InChI=1S/C12H17N3.ClH/c1-8-12(10(14)6-7-13)9-4-2-3-5-11(9)15-8;/h2-5,10,15H,6-7,13-14H2,1H3;1H/t10-;/m0./s1. The molecule has 0 aliphatic rings. The summed E-state index contributed by atoms with van der Waals surface area (Å²) in [7, 11) is 0. The second-order valence-corrected chi connectivity index (χ2v) is 3.89. The molecule has 0 unspecified atom stereocenters. The predicted molar refractivity (Wildman–Crippen MR) is 70.9 cm³/mol. The van der Waals surface area contributed by atoms with Gasteiger partial charge in [-0.2, -0.15) is 0 Å². The van der Waals surface area contributed by atoms with Crippen molar-refractivity contribution in [3.05, 3.63) is 35.5 Å². The largest absolute Gasteiger partial charge is 0.358 e. The van der Waals surface area contributed by atoms with Crippen LogP contribution < -0.4 is 11.5 Å². The van der Waals surface area contributed by atoms with Crippen molar-refractivity contribution in [2.24, 2.45) is 11.5 Å². The van der Waals surface area contributed by atoms with Crippen molar-refractivity contribution in [1.82, 2.24) is 4.98 Å². The van der Waals surface area contributed by atoms with Gasteiger partial charge in [0.1, 0.15) is 0 Å². The molecule has 1 aromatic carbocycles. The highest BCUT2D eigenvalue weighted by Gasteiger charge is 2.13. The molecule has 2 aromatic rings. The molecule has 1 heterocycles. The van der Waals surface area contributed by atoms with E-state index in [0.717, 1.165) is 17.6 Å². The van der Waals surface area contributed by atoms with E-state index in [2.05, 4.69) is 24.0 Å². The van der Waals surface area contributed by atoms with Gasteiger partial charge in [0.05, 0.1) is 0 Å².